The Morgan fingerprint density at radius 3 is 2.51 bits per heavy atom. The van der Waals surface area contributed by atoms with E-state index in [1.165, 1.54) is 0 Å². The van der Waals surface area contributed by atoms with E-state index in [9.17, 15) is 19.5 Å². The van der Waals surface area contributed by atoms with Gasteiger partial charge in [0.05, 0.1) is 19.8 Å². The predicted molar refractivity (Wildman–Crippen MR) is 152 cm³/mol. The highest BCUT2D eigenvalue weighted by molar-refractivity contribution is 5.88. The number of benzene rings is 2. The fourth-order valence-corrected chi connectivity index (χ4v) is 5.09. The Hall–Kier alpha value is -3.13. The largest absolute Gasteiger partial charge is 0.496 e. The molecule has 0 unspecified atom stereocenters. The van der Waals surface area contributed by atoms with Crippen molar-refractivity contribution in [2.24, 2.45) is 10.8 Å². The zero-order chi connectivity index (χ0) is 28.8. The number of rotatable bonds is 3. The second-order valence-electron chi connectivity index (χ2n) is 12.4. The number of methoxy groups -OCH3 is 1. The van der Waals surface area contributed by atoms with Gasteiger partial charge in [-0.2, -0.15) is 0 Å². The van der Waals surface area contributed by atoms with Crippen molar-refractivity contribution in [3.63, 3.8) is 0 Å². The highest BCUT2D eigenvalue weighted by atomic mass is 16.5. The number of carbonyl (C=O) groups is 3. The number of nitrogens with zero attached hydrogens (tertiary/aromatic N) is 1. The molecule has 3 bridgehead atoms. The van der Waals surface area contributed by atoms with Gasteiger partial charge in [0.2, 0.25) is 5.91 Å². The van der Waals surface area contributed by atoms with Gasteiger partial charge in [0, 0.05) is 0 Å². The SMILES string of the molecule is COc1cc2ccc3cc2cc1CCCCC(C)(C)COC(=O)N[C@@H](C(C)(C)C)C(=O)N(CO)[C@H](C=O)CC3. The lowest BCUT2D eigenvalue weighted by atomic mass is 9.85. The minimum absolute atomic E-state index is 0.201. The van der Waals surface area contributed by atoms with Gasteiger partial charge in [-0.05, 0) is 77.0 Å². The summed E-state index contributed by atoms with van der Waals surface area (Å²) in [5, 5.41) is 15.0. The molecule has 2 aromatic carbocycles. The summed E-state index contributed by atoms with van der Waals surface area (Å²) in [6.45, 7) is 9.14. The maximum absolute atomic E-state index is 13.6. The van der Waals surface area contributed by atoms with E-state index in [0.29, 0.717) is 19.1 Å². The Balaban J connectivity index is 1.98. The molecule has 0 aromatic heterocycles. The summed E-state index contributed by atoms with van der Waals surface area (Å²) in [7, 11) is 1.69. The Kier molecular flexibility index (Phi) is 9.99. The Bertz CT molecular complexity index is 1170. The van der Waals surface area contributed by atoms with Crippen LogP contribution in [0.25, 0.3) is 10.8 Å². The Morgan fingerprint density at radius 1 is 1.13 bits per heavy atom. The number of alkyl carbamates (subject to hydrolysis) is 1. The van der Waals surface area contributed by atoms with Crippen molar-refractivity contribution in [2.45, 2.75) is 85.2 Å². The molecule has 2 amide bonds. The number of ether oxygens (including phenoxy) is 2. The summed E-state index contributed by atoms with van der Waals surface area (Å²) in [6, 6.07) is 8.56. The fraction of sp³-hybridized carbons (Fsp3) is 0.581. The van der Waals surface area contributed by atoms with Crippen LogP contribution >= 0.6 is 0 Å². The van der Waals surface area contributed by atoms with Gasteiger partial charge in [0.1, 0.15) is 24.8 Å². The normalized spacial score (nSPS) is 21.9. The molecule has 1 aliphatic heterocycles. The molecule has 0 fully saturated rings. The van der Waals surface area contributed by atoms with Gasteiger partial charge in [-0.1, -0.05) is 59.2 Å². The van der Waals surface area contributed by atoms with E-state index in [2.05, 4.69) is 37.4 Å². The molecule has 2 N–H and O–H groups in total. The minimum Gasteiger partial charge on any atom is -0.496 e. The first-order chi connectivity index (χ1) is 18.4. The smallest absolute Gasteiger partial charge is 0.407 e. The summed E-state index contributed by atoms with van der Waals surface area (Å²) < 4.78 is 11.2. The van der Waals surface area contributed by atoms with Gasteiger partial charge in [-0.15, -0.1) is 0 Å². The van der Waals surface area contributed by atoms with E-state index in [-0.39, 0.29) is 12.0 Å². The van der Waals surface area contributed by atoms with Crippen LogP contribution in [-0.4, -0.2) is 60.8 Å². The minimum atomic E-state index is -0.984. The number of amides is 2. The van der Waals surface area contributed by atoms with E-state index in [1.807, 2.05) is 32.9 Å². The molecule has 0 saturated carbocycles. The molecule has 1 heterocycles. The summed E-state index contributed by atoms with van der Waals surface area (Å²) in [4.78, 5) is 39.6. The first-order valence-corrected chi connectivity index (χ1v) is 13.8. The number of hydrogen-bond donors (Lipinski definition) is 2. The molecule has 2 aromatic rings. The number of nitrogens with one attached hydrogen (secondary N) is 1. The van der Waals surface area contributed by atoms with Crippen molar-refractivity contribution in [3.05, 3.63) is 41.5 Å². The molecular formula is C31H44N2O6. The van der Waals surface area contributed by atoms with E-state index < -0.39 is 36.2 Å². The van der Waals surface area contributed by atoms with E-state index in [1.54, 1.807) is 7.11 Å². The van der Waals surface area contributed by atoms with Crippen LogP contribution in [0.5, 0.6) is 5.75 Å². The Morgan fingerprint density at radius 2 is 1.87 bits per heavy atom. The number of aliphatic hydroxyl groups excluding tert-OH is 1. The monoisotopic (exact) mass is 540 g/mol. The first kappa shape index (κ1) is 30.4. The molecule has 0 radical (unpaired) electrons. The second-order valence-corrected chi connectivity index (χ2v) is 12.4. The maximum atomic E-state index is 13.6. The standard InChI is InChI=1S/C31H44N2O6/c1-30(2,3)27-28(36)33(20-35)25(18-34)13-11-21-10-12-22-17-26(38-6)23(16-24(22)15-21)9-7-8-14-31(4,5)19-39-29(37)32-27/h10,12,15-18,25,27,35H,7-9,11,13-14,19-20H2,1-6H3,(H,32,37)/t25-,27+/m0/s1. The first-order valence-electron chi connectivity index (χ1n) is 13.8. The van der Waals surface area contributed by atoms with E-state index in [4.69, 9.17) is 9.47 Å². The molecule has 0 saturated heterocycles. The quantitative estimate of drug-likeness (QED) is 0.530. The molecule has 3 rings (SSSR count). The van der Waals surface area contributed by atoms with Crippen molar-refractivity contribution in [1.82, 2.24) is 10.2 Å². The Labute approximate surface area is 232 Å². The zero-order valence-corrected chi connectivity index (χ0v) is 24.2. The van der Waals surface area contributed by atoms with Crippen molar-refractivity contribution < 1.29 is 29.0 Å². The van der Waals surface area contributed by atoms with Crippen LogP contribution < -0.4 is 10.1 Å². The number of carbonyl (C=O) groups excluding carboxylic acids is 3. The number of hydrogen-bond acceptors (Lipinski definition) is 6. The number of cyclic esters (lactones) is 1. The topological polar surface area (TPSA) is 105 Å². The third-order valence-electron chi connectivity index (χ3n) is 7.54. The molecule has 1 aliphatic rings. The summed E-state index contributed by atoms with van der Waals surface area (Å²) in [6.07, 6.45) is 4.52. The number of aldehydes is 1. The molecule has 8 nitrogen and oxygen atoms in total. The highest BCUT2D eigenvalue weighted by Crippen LogP contribution is 2.31. The lowest BCUT2D eigenvalue weighted by Crippen LogP contribution is -2.57. The average Bonchev–Trinajstić information content (AvgIpc) is 2.88. The average molecular weight is 541 g/mol. The van der Waals surface area contributed by atoms with Crippen LogP contribution in [-0.2, 0) is 27.2 Å². The number of aryl methyl sites for hydroxylation is 2. The molecule has 2 atom stereocenters. The molecular weight excluding hydrogens is 496 g/mol. The second kappa shape index (κ2) is 12.8. The summed E-state index contributed by atoms with van der Waals surface area (Å²) in [5.41, 5.74) is 1.24. The zero-order valence-electron chi connectivity index (χ0n) is 24.2. The van der Waals surface area contributed by atoms with Crippen LogP contribution in [0.2, 0.25) is 0 Å². The van der Waals surface area contributed by atoms with E-state index >= 15 is 0 Å². The molecule has 8 heteroatoms. The van der Waals surface area contributed by atoms with Gasteiger partial charge in [-0.25, -0.2) is 4.79 Å². The van der Waals surface area contributed by atoms with Crippen molar-refractivity contribution in [1.29, 1.82) is 0 Å². The number of aliphatic hydroxyl groups is 1. The van der Waals surface area contributed by atoms with Gasteiger partial charge in [0.25, 0.3) is 0 Å². The van der Waals surface area contributed by atoms with Crippen LogP contribution in [0, 0.1) is 10.8 Å². The van der Waals surface area contributed by atoms with Gasteiger partial charge in [0.15, 0.2) is 0 Å². The fourth-order valence-electron chi connectivity index (χ4n) is 5.09. The predicted octanol–water partition coefficient (Wildman–Crippen LogP) is 5.02. The lowest BCUT2D eigenvalue weighted by Gasteiger charge is -2.36. The molecule has 0 aliphatic carbocycles. The van der Waals surface area contributed by atoms with Crippen molar-refractivity contribution in [2.75, 3.05) is 20.4 Å². The van der Waals surface area contributed by atoms with Gasteiger partial charge in [-0.3, -0.25) is 4.79 Å². The highest BCUT2D eigenvalue weighted by Gasteiger charge is 2.38. The van der Waals surface area contributed by atoms with Crippen LogP contribution in [0.4, 0.5) is 4.79 Å². The molecule has 214 valence electrons. The van der Waals surface area contributed by atoms with E-state index in [0.717, 1.165) is 58.2 Å². The van der Waals surface area contributed by atoms with Crippen LogP contribution in [0.1, 0.15) is 71.4 Å². The summed E-state index contributed by atoms with van der Waals surface area (Å²) in [5.74, 6) is 0.339. The van der Waals surface area contributed by atoms with Gasteiger partial charge >= 0.3 is 6.09 Å². The molecule has 0 spiro atoms. The van der Waals surface area contributed by atoms with Gasteiger partial charge < -0.3 is 29.6 Å². The van der Waals surface area contributed by atoms with Crippen LogP contribution in [0.3, 0.4) is 0 Å². The van der Waals surface area contributed by atoms with Crippen molar-refractivity contribution >= 4 is 29.1 Å². The maximum Gasteiger partial charge on any atom is 0.407 e. The van der Waals surface area contributed by atoms with Crippen molar-refractivity contribution in [3.8, 4) is 5.75 Å². The molecule has 39 heavy (non-hydrogen) atoms. The van der Waals surface area contributed by atoms with Crippen LogP contribution in [0.15, 0.2) is 30.3 Å². The lowest BCUT2D eigenvalue weighted by molar-refractivity contribution is -0.145. The summed E-state index contributed by atoms with van der Waals surface area (Å²) >= 11 is 0. The third-order valence-corrected chi connectivity index (χ3v) is 7.54. The number of fused-ring (bicyclic) bond motifs is 2. The third kappa shape index (κ3) is 7.94.